The van der Waals surface area contributed by atoms with Gasteiger partial charge in [-0.3, -0.25) is 29.4 Å². The van der Waals surface area contributed by atoms with Crippen molar-refractivity contribution >= 4 is 40.6 Å². The van der Waals surface area contributed by atoms with Crippen LogP contribution in [0.2, 0.25) is 0 Å². The Labute approximate surface area is 188 Å². The molecule has 0 spiro atoms. The number of esters is 1. The Morgan fingerprint density at radius 1 is 1.19 bits per heavy atom. The van der Waals surface area contributed by atoms with Crippen LogP contribution in [0.25, 0.3) is 6.08 Å². The second kappa shape index (κ2) is 10.1. The molecule has 0 aliphatic carbocycles. The van der Waals surface area contributed by atoms with Crippen molar-refractivity contribution in [2.45, 2.75) is 26.6 Å². The average molecular weight is 456 g/mol. The number of carbonyl (C=O) groups excluding carboxylic acids is 3. The molecular weight excluding hydrogens is 436 g/mol. The van der Waals surface area contributed by atoms with Crippen molar-refractivity contribution in [3.8, 4) is 5.75 Å². The van der Waals surface area contributed by atoms with E-state index >= 15 is 0 Å². The summed E-state index contributed by atoms with van der Waals surface area (Å²) in [5.74, 6) is -1.27. The van der Waals surface area contributed by atoms with E-state index in [4.69, 9.17) is 9.47 Å². The number of amides is 2. The number of nitro groups is 1. The van der Waals surface area contributed by atoms with Crippen molar-refractivity contribution in [1.82, 2.24) is 4.90 Å². The molecule has 2 amide bonds. The van der Waals surface area contributed by atoms with Crippen molar-refractivity contribution in [2.24, 2.45) is 0 Å². The fraction of sp³-hybridized carbons (Fsp3) is 0.227. The molecule has 1 aliphatic rings. The highest BCUT2D eigenvalue weighted by Crippen LogP contribution is 2.34. The first-order valence-electron chi connectivity index (χ1n) is 9.64. The minimum absolute atomic E-state index is 0.0552. The van der Waals surface area contributed by atoms with Crippen molar-refractivity contribution in [3.63, 3.8) is 0 Å². The van der Waals surface area contributed by atoms with E-state index in [0.717, 1.165) is 10.5 Å². The largest absolute Gasteiger partial charge is 0.482 e. The molecule has 0 radical (unpaired) electrons. The highest BCUT2D eigenvalue weighted by atomic mass is 32.2. The Morgan fingerprint density at radius 2 is 1.91 bits per heavy atom. The van der Waals surface area contributed by atoms with Crippen molar-refractivity contribution < 1.29 is 28.8 Å². The van der Waals surface area contributed by atoms with E-state index in [9.17, 15) is 24.5 Å². The van der Waals surface area contributed by atoms with Gasteiger partial charge in [0.05, 0.1) is 15.9 Å². The third-order valence-corrected chi connectivity index (χ3v) is 5.15. The molecule has 0 bridgehead atoms. The van der Waals surface area contributed by atoms with Gasteiger partial charge in [-0.1, -0.05) is 36.4 Å². The molecule has 10 heteroatoms. The molecule has 1 heterocycles. The van der Waals surface area contributed by atoms with E-state index < -0.39 is 28.6 Å². The second-order valence-corrected chi connectivity index (χ2v) is 8.06. The van der Waals surface area contributed by atoms with E-state index in [0.29, 0.717) is 17.3 Å². The number of benzene rings is 2. The molecule has 166 valence electrons. The topological polar surface area (TPSA) is 116 Å². The van der Waals surface area contributed by atoms with Gasteiger partial charge >= 0.3 is 11.7 Å². The lowest BCUT2D eigenvalue weighted by Crippen LogP contribution is -2.35. The molecule has 0 saturated carbocycles. The number of hydrogen-bond acceptors (Lipinski definition) is 8. The highest BCUT2D eigenvalue weighted by Gasteiger charge is 2.37. The van der Waals surface area contributed by atoms with Crippen LogP contribution in [0.5, 0.6) is 5.75 Å². The summed E-state index contributed by atoms with van der Waals surface area (Å²) >= 11 is 0.653. The third-order valence-electron chi connectivity index (χ3n) is 4.24. The quantitative estimate of drug-likeness (QED) is 0.252. The maximum atomic E-state index is 12.5. The number of rotatable bonds is 8. The van der Waals surface area contributed by atoms with Crippen LogP contribution in [0.1, 0.15) is 25.0 Å². The maximum absolute atomic E-state index is 12.5. The summed E-state index contributed by atoms with van der Waals surface area (Å²) < 4.78 is 10.6. The minimum atomic E-state index is -0.695. The predicted molar refractivity (Wildman–Crippen MR) is 118 cm³/mol. The lowest BCUT2D eigenvalue weighted by atomic mass is 10.1. The summed E-state index contributed by atoms with van der Waals surface area (Å²) in [5, 5.41) is 10.9. The first-order chi connectivity index (χ1) is 15.2. The summed E-state index contributed by atoms with van der Waals surface area (Å²) in [4.78, 5) is 48.3. The molecule has 0 aromatic heterocycles. The summed E-state index contributed by atoms with van der Waals surface area (Å²) in [5.41, 5.74) is 0.934. The zero-order valence-electron chi connectivity index (χ0n) is 17.3. The van der Waals surface area contributed by atoms with E-state index in [2.05, 4.69) is 0 Å². The van der Waals surface area contributed by atoms with E-state index in [1.807, 2.05) is 30.3 Å². The molecule has 3 rings (SSSR count). The molecule has 1 aliphatic heterocycles. The minimum Gasteiger partial charge on any atom is -0.482 e. The molecule has 2 aromatic rings. The zero-order valence-corrected chi connectivity index (χ0v) is 18.2. The van der Waals surface area contributed by atoms with Gasteiger partial charge in [0.1, 0.15) is 13.2 Å². The van der Waals surface area contributed by atoms with Crippen LogP contribution in [0.4, 0.5) is 10.5 Å². The van der Waals surface area contributed by atoms with Crippen molar-refractivity contribution in [2.75, 3.05) is 6.54 Å². The van der Waals surface area contributed by atoms with Crippen molar-refractivity contribution in [1.29, 1.82) is 0 Å². The molecule has 32 heavy (non-hydrogen) atoms. The van der Waals surface area contributed by atoms with Gasteiger partial charge < -0.3 is 9.47 Å². The maximum Gasteiger partial charge on any atom is 0.326 e. The van der Waals surface area contributed by atoms with Crippen molar-refractivity contribution in [3.05, 3.63) is 74.7 Å². The smallest absolute Gasteiger partial charge is 0.326 e. The predicted octanol–water partition coefficient (Wildman–Crippen LogP) is 4.16. The van der Waals surface area contributed by atoms with E-state index in [-0.39, 0.29) is 29.1 Å². The van der Waals surface area contributed by atoms with Gasteiger partial charge in [0.15, 0.2) is 5.75 Å². The number of carbonyl (C=O) groups is 3. The Hall–Kier alpha value is -3.66. The first-order valence-corrected chi connectivity index (χ1v) is 10.5. The van der Waals surface area contributed by atoms with E-state index in [1.54, 1.807) is 19.9 Å². The van der Waals surface area contributed by atoms with Gasteiger partial charge in [-0.25, -0.2) is 0 Å². The zero-order chi connectivity index (χ0) is 23.3. The average Bonchev–Trinajstić information content (AvgIpc) is 3.00. The normalized spacial score (nSPS) is 14.8. The van der Waals surface area contributed by atoms with Gasteiger partial charge in [0.25, 0.3) is 11.1 Å². The Morgan fingerprint density at radius 3 is 2.56 bits per heavy atom. The molecule has 0 atom stereocenters. The standard InChI is InChI=1S/C22H20N2O7S/c1-14(2)31-20(25)12-23-21(26)19(32-22(23)27)11-16-8-9-18(17(10-16)24(28)29)30-13-15-6-4-3-5-7-15/h3-11,14H,12-13H2,1-2H3/b19-11+. The van der Waals surface area contributed by atoms with E-state index in [1.165, 1.54) is 18.2 Å². The summed E-state index contributed by atoms with van der Waals surface area (Å²) in [6, 6.07) is 13.5. The monoisotopic (exact) mass is 456 g/mol. The fourth-order valence-corrected chi connectivity index (χ4v) is 3.68. The number of nitro benzene ring substituents is 1. The summed E-state index contributed by atoms with van der Waals surface area (Å²) in [6.45, 7) is 2.98. The molecule has 9 nitrogen and oxygen atoms in total. The first kappa shape index (κ1) is 23.0. The fourth-order valence-electron chi connectivity index (χ4n) is 2.84. The lowest BCUT2D eigenvalue weighted by molar-refractivity contribution is -0.386. The lowest BCUT2D eigenvalue weighted by Gasteiger charge is -2.13. The molecule has 2 aromatic carbocycles. The van der Waals surface area contributed by atoms with Gasteiger partial charge in [0, 0.05) is 6.07 Å². The molecule has 0 N–H and O–H groups in total. The van der Waals surface area contributed by atoms with Gasteiger partial charge in [-0.2, -0.15) is 0 Å². The van der Waals surface area contributed by atoms with Crippen LogP contribution >= 0.6 is 11.8 Å². The molecule has 1 fully saturated rings. The van der Waals surface area contributed by atoms with Crippen LogP contribution in [0.3, 0.4) is 0 Å². The van der Waals surface area contributed by atoms with Gasteiger partial charge in [-0.15, -0.1) is 0 Å². The van der Waals surface area contributed by atoms with Gasteiger partial charge in [-0.05, 0) is 48.9 Å². The van der Waals surface area contributed by atoms with Crippen LogP contribution in [0.15, 0.2) is 53.4 Å². The van der Waals surface area contributed by atoms with Crippen LogP contribution in [-0.4, -0.2) is 39.6 Å². The number of thioether (sulfide) groups is 1. The molecule has 1 saturated heterocycles. The summed E-state index contributed by atoms with van der Waals surface area (Å²) in [7, 11) is 0. The Balaban J connectivity index is 1.77. The Kier molecular flexibility index (Phi) is 7.26. The number of hydrogen-bond donors (Lipinski definition) is 0. The SMILES string of the molecule is CC(C)OC(=O)CN1C(=O)S/C(=C/c2ccc(OCc3ccccc3)c([N+](=O)[O-])c2)C1=O. The third kappa shape index (κ3) is 5.73. The molecule has 0 unspecified atom stereocenters. The van der Waals surface area contributed by atoms with Gasteiger partial charge in [0.2, 0.25) is 0 Å². The number of nitrogens with zero attached hydrogens (tertiary/aromatic N) is 2. The Bertz CT molecular complexity index is 1080. The number of ether oxygens (including phenoxy) is 2. The van der Waals surface area contributed by atoms with Crippen LogP contribution in [0, 0.1) is 10.1 Å². The highest BCUT2D eigenvalue weighted by molar-refractivity contribution is 8.18. The second-order valence-electron chi connectivity index (χ2n) is 7.07. The van der Waals surface area contributed by atoms with Crippen LogP contribution in [-0.2, 0) is 20.9 Å². The summed E-state index contributed by atoms with van der Waals surface area (Å²) in [6.07, 6.45) is 0.994. The molecular formula is C22H20N2O7S. The number of imide groups is 1. The van der Waals surface area contributed by atoms with Crippen LogP contribution < -0.4 is 4.74 Å².